The first kappa shape index (κ1) is 13.4. The summed E-state index contributed by atoms with van der Waals surface area (Å²) in [4.78, 5) is 19.0. The highest BCUT2D eigenvalue weighted by Gasteiger charge is 2.10. The molecule has 1 rings (SSSR count). The molecule has 0 saturated heterocycles. The zero-order valence-electron chi connectivity index (χ0n) is 10.7. The highest BCUT2D eigenvalue weighted by atomic mass is 16.3. The molecule has 1 heterocycles. The van der Waals surface area contributed by atoms with E-state index in [-0.39, 0.29) is 12.5 Å². The zero-order valence-corrected chi connectivity index (χ0v) is 10.7. The molecule has 94 valence electrons. The summed E-state index contributed by atoms with van der Waals surface area (Å²) in [5.41, 5.74) is 0.765. The van der Waals surface area contributed by atoms with E-state index in [2.05, 4.69) is 4.98 Å². The highest BCUT2D eigenvalue weighted by molar-refractivity contribution is 5.80. The maximum atomic E-state index is 11.5. The molecule has 17 heavy (non-hydrogen) atoms. The van der Waals surface area contributed by atoms with Crippen molar-refractivity contribution >= 4 is 11.7 Å². The van der Waals surface area contributed by atoms with Gasteiger partial charge in [0.1, 0.15) is 5.82 Å². The van der Waals surface area contributed by atoms with Crippen molar-refractivity contribution in [1.82, 2.24) is 9.88 Å². The molecule has 1 aromatic rings. The van der Waals surface area contributed by atoms with Crippen LogP contribution in [0.25, 0.3) is 0 Å². The number of likely N-dealkylation sites (N-methyl/N-ethyl adjacent to an activating group) is 2. The fourth-order valence-corrected chi connectivity index (χ4v) is 1.30. The molecule has 5 heteroatoms. The molecule has 0 aromatic carbocycles. The number of anilines is 1. The minimum Gasteiger partial charge on any atom is -0.389 e. The van der Waals surface area contributed by atoms with Crippen LogP contribution >= 0.6 is 0 Å². The maximum Gasteiger partial charge on any atom is 0.241 e. The molecule has 5 nitrogen and oxygen atoms in total. The number of aliphatic hydroxyl groups excluding tert-OH is 1. The van der Waals surface area contributed by atoms with Gasteiger partial charge in [0.2, 0.25) is 5.91 Å². The van der Waals surface area contributed by atoms with Crippen LogP contribution in [0.2, 0.25) is 0 Å². The van der Waals surface area contributed by atoms with Crippen LogP contribution in [0.15, 0.2) is 18.3 Å². The number of aromatic nitrogens is 1. The van der Waals surface area contributed by atoms with Crippen molar-refractivity contribution in [3.8, 4) is 0 Å². The fourth-order valence-electron chi connectivity index (χ4n) is 1.30. The van der Waals surface area contributed by atoms with E-state index in [1.807, 2.05) is 13.1 Å². The van der Waals surface area contributed by atoms with Crippen LogP contribution in [0, 0.1) is 0 Å². The summed E-state index contributed by atoms with van der Waals surface area (Å²) in [6, 6.07) is 3.61. The third kappa shape index (κ3) is 3.71. The summed E-state index contributed by atoms with van der Waals surface area (Å²) in [5, 5.41) is 9.36. The van der Waals surface area contributed by atoms with Gasteiger partial charge in [0.25, 0.3) is 0 Å². The molecule has 0 unspecified atom stereocenters. The molecule has 1 aromatic heterocycles. The molecular formula is C12H19N3O2. The first-order chi connectivity index (χ1) is 7.91. The van der Waals surface area contributed by atoms with Crippen LogP contribution in [-0.2, 0) is 4.79 Å². The Balaban J connectivity index is 2.70. The minimum atomic E-state index is -0.523. The van der Waals surface area contributed by atoms with Gasteiger partial charge in [-0.25, -0.2) is 4.98 Å². The molecule has 0 fully saturated rings. The van der Waals surface area contributed by atoms with Gasteiger partial charge in [0, 0.05) is 27.3 Å². The molecule has 1 N–H and O–H groups in total. The van der Waals surface area contributed by atoms with Crippen LogP contribution in [0.3, 0.4) is 0 Å². The normalized spacial score (nSPS) is 12.1. The minimum absolute atomic E-state index is 0.0221. The van der Waals surface area contributed by atoms with Crippen LogP contribution in [0.5, 0.6) is 0 Å². The van der Waals surface area contributed by atoms with Gasteiger partial charge in [-0.3, -0.25) is 4.79 Å². The average molecular weight is 237 g/mol. The quantitative estimate of drug-likeness (QED) is 0.835. The number of hydrogen-bond acceptors (Lipinski definition) is 4. The van der Waals surface area contributed by atoms with E-state index in [0.717, 1.165) is 5.56 Å². The summed E-state index contributed by atoms with van der Waals surface area (Å²) in [6.45, 7) is 1.98. The molecule has 0 aliphatic heterocycles. The van der Waals surface area contributed by atoms with E-state index in [1.165, 1.54) is 0 Å². The number of aliphatic hydroxyl groups is 1. The lowest BCUT2D eigenvalue weighted by atomic mass is 10.2. The van der Waals surface area contributed by atoms with Crippen molar-refractivity contribution in [3.05, 3.63) is 23.9 Å². The van der Waals surface area contributed by atoms with Gasteiger partial charge in [-0.15, -0.1) is 0 Å². The van der Waals surface area contributed by atoms with Crippen molar-refractivity contribution in [3.63, 3.8) is 0 Å². The summed E-state index contributed by atoms with van der Waals surface area (Å²) in [6.07, 6.45) is 1.10. The number of carbonyl (C=O) groups excluding carboxylic acids is 1. The van der Waals surface area contributed by atoms with Crippen LogP contribution in [0.1, 0.15) is 18.6 Å². The third-order valence-corrected chi connectivity index (χ3v) is 2.52. The van der Waals surface area contributed by atoms with Gasteiger partial charge < -0.3 is 14.9 Å². The number of pyridine rings is 1. The van der Waals surface area contributed by atoms with E-state index in [0.29, 0.717) is 5.82 Å². The number of hydrogen-bond donors (Lipinski definition) is 1. The van der Waals surface area contributed by atoms with Gasteiger partial charge >= 0.3 is 0 Å². The van der Waals surface area contributed by atoms with Gasteiger partial charge in [-0.2, -0.15) is 0 Å². The van der Waals surface area contributed by atoms with Gasteiger partial charge in [-0.1, -0.05) is 6.07 Å². The molecule has 0 bridgehead atoms. The Morgan fingerprint density at radius 2 is 2.06 bits per heavy atom. The SMILES string of the molecule is C[C@H](O)c1ccc(N(C)CC(=O)N(C)C)nc1. The monoisotopic (exact) mass is 237 g/mol. The Bertz CT molecular complexity index is 374. The molecule has 1 atom stereocenters. The van der Waals surface area contributed by atoms with E-state index in [1.54, 1.807) is 43.1 Å². The van der Waals surface area contributed by atoms with E-state index < -0.39 is 6.10 Å². The molecule has 1 amide bonds. The Morgan fingerprint density at radius 1 is 1.41 bits per heavy atom. The van der Waals surface area contributed by atoms with Crippen molar-refractivity contribution in [1.29, 1.82) is 0 Å². The van der Waals surface area contributed by atoms with E-state index in [4.69, 9.17) is 0 Å². The number of amides is 1. The van der Waals surface area contributed by atoms with Crippen LogP contribution in [-0.4, -0.2) is 48.6 Å². The predicted molar refractivity (Wildman–Crippen MR) is 66.8 cm³/mol. The van der Waals surface area contributed by atoms with Gasteiger partial charge in [0.15, 0.2) is 0 Å². The molecule has 0 aliphatic carbocycles. The topological polar surface area (TPSA) is 56.7 Å². The molecule has 0 aliphatic rings. The second-order valence-electron chi connectivity index (χ2n) is 4.27. The first-order valence-corrected chi connectivity index (χ1v) is 5.47. The lowest BCUT2D eigenvalue weighted by Gasteiger charge is -2.20. The Labute approximate surface area is 102 Å². The van der Waals surface area contributed by atoms with Crippen molar-refractivity contribution in [2.24, 2.45) is 0 Å². The number of nitrogens with zero attached hydrogens (tertiary/aromatic N) is 3. The summed E-state index contributed by atoms with van der Waals surface area (Å²) in [5.74, 6) is 0.735. The Kier molecular flexibility index (Phi) is 4.45. The van der Waals surface area contributed by atoms with Crippen LogP contribution < -0.4 is 4.90 Å². The molecule has 0 saturated carbocycles. The summed E-state index contributed by atoms with van der Waals surface area (Å²) >= 11 is 0. The second-order valence-corrected chi connectivity index (χ2v) is 4.27. The van der Waals surface area contributed by atoms with Crippen molar-refractivity contribution in [2.75, 3.05) is 32.6 Å². The smallest absolute Gasteiger partial charge is 0.241 e. The van der Waals surface area contributed by atoms with Gasteiger partial charge in [-0.05, 0) is 18.6 Å². The summed E-state index contributed by atoms with van der Waals surface area (Å²) < 4.78 is 0. The Morgan fingerprint density at radius 3 is 2.47 bits per heavy atom. The van der Waals surface area contributed by atoms with E-state index >= 15 is 0 Å². The predicted octanol–water partition coefficient (Wildman–Crippen LogP) is 0.659. The largest absolute Gasteiger partial charge is 0.389 e. The summed E-state index contributed by atoms with van der Waals surface area (Å²) in [7, 11) is 5.26. The maximum absolute atomic E-state index is 11.5. The number of rotatable bonds is 4. The van der Waals surface area contributed by atoms with Crippen molar-refractivity contribution in [2.45, 2.75) is 13.0 Å². The number of carbonyl (C=O) groups is 1. The highest BCUT2D eigenvalue weighted by Crippen LogP contribution is 2.14. The lowest BCUT2D eigenvalue weighted by Crippen LogP contribution is -2.34. The molecule has 0 spiro atoms. The fraction of sp³-hybridized carbons (Fsp3) is 0.500. The first-order valence-electron chi connectivity index (χ1n) is 5.47. The molecular weight excluding hydrogens is 218 g/mol. The van der Waals surface area contributed by atoms with Crippen molar-refractivity contribution < 1.29 is 9.90 Å². The van der Waals surface area contributed by atoms with E-state index in [9.17, 15) is 9.90 Å². The Hall–Kier alpha value is -1.62. The van der Waals surface area contributed by atoms with Crippen LogP contribution in [0.4, 0.5) is 5.82 Å². The molecule has 0 radical (unpaired) electrons. The lowest BCUT2D eigenvalue weighted by molar-refractivity contribution is -0.127. The average Bonchev–Trinajstić information content (AvgIpc) is 2.28. The standard InChI is InChI=1S/C12H19N3O2/c1-9(16)10-5-6-11(13-7-10)15(4)8-12(17)14(2)3/h5-7,9,16H,8H2,1-4H3/t9-/m0/s1. The zero-order chi connectivity index (χ0) is 13.0. The second kappa shape index (κ2) is 5.63. The third-order valence-electron chi connectivity index (χ3n) is 2.52. The van der Waals surface area contributed by atoms with Gasteiger partial charge in [0.05, 0.1) is 12.6 Å².